The molecule has 1 aromatic heterocycles. The highest BCUT2D eigenvalue weighted by Crippen LogP contribution is 2.29. The molecule has 118 valence electrons. The van der Waals surface area contributed by atoms with Crippen molar-refractivity contribution in [2.75, 3.05) is 20.8 Å². The standard InChI is InChI=1S/C15H18FN3O3/c1-18(21-2)15(20)10-6-7-12(16)14-11(10)9-17-19(14)13-5-3-4-8-22-13/h6-7,9,13H,3-5,8H2,1-2H3. The van der Waals surface area contributed by atoms with Gasteiger partial charge in [-0.05, 0) is 31.4 Å². The van der Waals surface area contributed by atoms with Crippen LogP contribution in [0.5, 0.6) is 0 Å². The molecule has 1 aromatic carbocycles. The fourth-order valence-electron chi connectivity index (χ4n) is 2.70. The van der Waals surface area contributed by atoms with Crippen molar-refractivity contribution in [3.05, 3.63) is 29.7 Å². The van der Waals surface area contributed by atoms with E-state index in [0.29, 0.717) is 23.1 Å². The molecule has 7 heteroatoms. The van der Waals surface area contributed by atoms with Crippen LogP contribution in [0.25, 0.3) is 10.9 Å². The molecule has 1 aliphatic rings. The molecule has 0 spiro atoms. The number of fused-ring (bicyclic) bond motifs is 1. The van der Waals surface area contributed by atoms with Crippen LogP contribution in [-0.4, -0.2) is 41.5 Å². The number of rotatable bonds is 3. The lowest BCUT2D eigenvalue weighted by atomic mass is 10.1. The molecular formula is C15H18FN3O3. The van der Waals surface area contributed by atoms with Gasteiger partial charge in [-0.2, -0.15) is 5.10 Å². The van der Waals surface area contributed by atoms with Crippen molar-refractivity contribution in [2.45, 2.75) is 25.5 Å². The summed E-state index contributed by atoms with van der Waals surface area (Å²) < 4.78 is 21.5. The summed E-state index contributed by atoms with van der Waals surface area (Å²) in [6.07, 6.45) is 4.02. The molecule has 6 nitrogen and oxygen atoms in total. The van der Waals surface area contributed by atoms with Crippen LogP contribution >= 0.6 is 0 Å². The first-order valence-corrected chi connectivity index (χ1v) is 7.23. The Balaban J connectivity index is 2.09. The number of halogens is 1. The van der Waals surface area contributed by atoms with Crippen molar-refractivity contribution in [1.29, 1.82) is 0 Å². The van der Waals surface area contributed by atoms with Gasteiger partial charge in [0.05, 0.1) is 18.9 Å². The highest BCUT2D eigenvalue weighted by atomic mass is 19.1. The highest BCUT2D eigenvalue weighted by Gasteiger charge is 2.24. The summed E-state index contributed by atoms with van der Waals surface area (Å²) in [5.74, 6) is -0.769. The van der Waals surface area contributed by atoms with Gasteiger partial charge in [-0.15, -0.1) is 0 Å². The summed E-state index contributed by atoms with van der Waals surface area (Å²) in [6.45, 7) is 0.638. The average Bonchev–Trinajstić information content (AvgIpc) is 3.00. The monoisotopic (exact) mass is 307 g/mol. The second kappa shape index (κ2) is 6.02. The zero-order valence-corrected chi connectivity index (χ0v) is 12.6. The normalized spacial score (nSPS) is 18.6. The lowest BCUT2D eigenvalue weighted by Crippen LogP contribution is -2.25. The van der Waals surface area contributed by atoms with Crippen LogP contribution in [0.15, 0.2) is 18.3 Å². The highest BCUT2D eigenvalue weighted by molar-refractivity contribution is 6.05. The van der Waals surface area contributed by atoms with E-state index in [-0.39, 0.29) is 12.1 Å². The van der Waals surface area contributed by atoms with Crippen LogP contribution in [0.4, 0.5) is 4.39 Å². The summed E-state index contributed by atoms with van der Waals surface area (Å²) >= 11 is 0. The number of carbonyl (C=O) groups excluding carboxylic acids is 1. The van der Waals surface area contributed by atoms with E-state index >= 15 is 0 Å². The van der Waals surface area contributed by atoms with Crippen LogP contribution in [0.3, 0.4) is 0 Å². The SMILES string of the molecule is CON(C)C(=O)c1ccc(F)c2c1cnn2C1CCCCO1. The van der Waals surface area contributed by atoms with Gasteiger partial charge in [0, 0.05) is 19.0 Å². The maximum Gasteiger partial charge on any atom is 0.277 e. The number of amides is 1. The molecule has 1 saturated heterocycles. The van der Waals surface area contributed by atoms with Crippen molar-refractivity contribution in [2.24, 2.45) is 0 Å². The zero-order chi connectivity index (χ0) is 15.7. The summed E-state index contributed by atoms with van der Waals surface area (Å²) in [6, 6.07) is 2.73. The molecule has 1 amide bonds. The second-order valence-electron chi connectivity index (χ2n) is 5.25. The van der Waals surface area contributed by atoms with Crippen LogP contribution in [0.1, 0.15) is 35.8 Å². The van der Waals surface area contributed by atoms with Gasteiger partial charge in [-0.1, -0.05) is 0 Å². The average molecular weight is 307 g/mol. The summed E-state index contributed by atoms with van der Waals surface area (Å²) in [7, 11) is 2.91. The predicted molar refractivity (Wildman–Crippen MR) is 77.6 cm³/mol. The van der Waals surface area contributed by atoms with E-state index in [4.69, 9.17) is 9.57 Å². The van der Waals surface area contributed by atoms with Crippen molar-refractivity contribution in [1.82, 2.24) is 14.8 Å². The van der Waals surface area contributed by atoms with Gasteiger partial charge in [-0.25, -0.2) is 14.1 Å². The van der Waals surface area contributed by atoms with Crippen molar-refractivity contribution < 1.29 is 18.8 Å². The van der Waals surface area contributed by atoms with Gasteiger partial charge < -0.3 is 4.74 Å². The lowest BCUT2D eigenvalue weighted by molar-refractivity contribution is -0.0755. The van der Waals surface area contributed by atoms with Crippen LogP contribution in [-0.2, 0) is 9.57 Å². The number of hydrogen-bond acceptors (Lipinski definition) is 4. The van der Waals surface area contributed by atoms with Crippen LogP contribution in [0.2, 0.25) is 0 Å². The fourth-order valence-corrected chi connectivity index (χ4v) is 2.70. The van der Waals surface area contributed by atoms with Gasteiger partial charge in [0.2, 0.25) is 0 Å². The van der Waals surface area contributed by atoms with Crippen molar-refractivity contribution >= 4 is 16.8 Å². The predicted octanol–water partition coefficient (Wildman–Crippen LogP) is 2.51. The first-order valence-electron chi connectivity index (χ1n) is 7.23. The molecule has 3 rings (SSSR count). The number of hydrogen-bond donors (Lipinski definition) is 0. The largest absolute Gasteiger partial charge is 0.356 e. The minimum Gasteiger partial charge on any atom is -0.356 e. The number of benzene rings is 1. The topological polar surface area (TPSA) is 56.6 Å². The quantitative estimate of drug-likeness (QED) is 0.818. The van der Waals surface area contributed by atoms with Crippen molar-refractivity contribution in [3.8, 4) is 0 Å². The maximum absolute atomic E-state index is 14.3. The smallest absolute Gasteiger partial charge is 0.277 e. The van der Waals surface area contributed by atoms with Crippen LogP contribution in [0, 0.1) is 5.82 Å². The Kier molecular flexibility index (Phi) is 4.08. The van der Waals surface area contributed by atoms with Crippen LogP contribution < -0.4 is 0 Å². The summed E-state index contributed by atoms with van der Waals surface area (Å²) in [5, 5.41) is 5.81. The lowest BCUT2D eigenvalue weighted by Gasteiger charge is -2.23. The van der Waals surface area contributed by atoms with Crippen molar-refractivity contribution in [3.63, 3.8) is 0 Å². The van der Waals surface area contributed by atoms with E-state index in [1.165, 1.54) is 37.2 Å². The summed E-state index contributed by atoms with van der Waals surface area (Å²) in [4.78, 5) is 17.2. The summed E-state index contributed by atoms with van der Waals surface area (Å²) in [5.41, 5.74) is 0.644. The molecule has 0 N–H and O–H groups in total. The van der Waals surface area contributed by atoms with Gasteiger partial charge in [0.25, 0.3) is 5.91 Å². The first kappa shape index (κ1) is 14.9. The third-order valence-electron chi connectivity index (χ3n) is 3.93. The first-order chi connectivity index (χ1) is 10.6. The zero-order valence-electron chi connectivity index (χ0n) is 12.6. The molecule has 0 saturated carbocycles. The van der Waals surface area contributed by atoms with Gasteiger partial charge in [0.15, 0.2) is 6.23 Å². The minimum atomic E-state index is -0.418. The maximum atomic E-state index is 14.3. The third kappa shape index (κ3) is 2.46. The molecule has 1 fully saturated rings. The second-order valence-corrected chi connectivity index (χ2v) is 5.25. The molecule has 1 unspecified atom stereocenters. The Morgan fingerprint density at radius 1 is 1.50 bits per heavy atom. The van der Waals surface area contributed by atoms with Gasteiger partial charge in [0.1, 0.15) is 11.3 Å². The number of ether oxygens (including phenoxy) is 1. The molecule has 0 bridgehead atoms. The Labute approximate surface area is 127 Å². The van der Waals surface area contributed by atoms with Gasteiger partial charge in [-0.3, -0.25) is 9.63 Å². The molecule has 0 radical (unpaired) electrons. The number of hydroxylamine groups is 2. The number of nitrogens with zero attached hydrogens (tertiary/aromatic N) is 3. The van der Waals surface area contributed by atoms with E-state index in [0.717, 1.165) is 24.3 Å². The molecule has 2 heterocycles. The van der Waals surface area contributed by atoms with E-state index in [2.05, 4.69) is 5.10 Å². The van der Waals surface area contributed by atoms with E-state index < -0.39 is 5.82 Å². The Hall–Kier alpha value is -1.99. The molecule has 0 aliphatic carbocycles. The Morgan fingerprint density at radius 2 is 2.32 bits per heavy atom. The molecule has 1 aliphatic heterocycles. The molecular weight excluding hydrogens is 289 g/mol. The molecule has 22 heavy (non-hydrogen) atoms. The van der Waals surface area contributed by atoms with Gasteiger partial charge >= 0.3 is 0 Å². The van der Waals surface area contributed by atoms with E-state index in [1.54, 1.807) is 0 Å². The Morgan fingerprint density at radius 3 is 3.00 bits per heavy atom. The fraction of sp³-hybridized carbons (Fsp3) is 0.467. The third-order valence-corrected chi connectivity index (χ3v) is 3.93. The minimum absolute atomic E-state index is 0.286. The number of aromatic nitrogens is 2. The molecule has 1 atom stereocenters. The molecule has 2 aromatic rings. The number of carbonyl (C=O) groups is 1. The Bertz CT molecular complexity index is 695. The van der Waals surface area contributed by atoms with E-state index in [9.17, 15) is 9.18 Å². The van der Waals surface area contributed by atoms with E-state index in [1.807, 2.05) is 0 Å².